The number of carbonyl (C=O) groups excluding carboxylic acids is 1. The minimum absolute atomic E-state index is 0.0499. The van der Waals surface area contributed by atoms with E-state index in [-0.39, 0.29) is 17.0 Å². The molecule has 0 aliphatic heterocycles. The normalized spacial score (nSPS) is 15.0. The molecule has 2 aromatic heterocycles. The van der Waals surface area contributed by atoms with Crippen molar-refractivity contribution >= 4 is 28.9 Å². The van der Waals surface area contributed by atoms with Crippen molar-refractivity contribution in [2.45, 2.75) is 12.8 Å². The maximum absolute atomic E-state index is 12.7. The summed E-state index contributed by atoms with van der Waals surface area (Å²) in [6.45, 7) is 0. The van der Waals surface area contributed by atoms with Crippen LogP contribution in [0.15, 0.2) is 58.9 Å². The summed E-state index contributed by atoms with van der Waals surface area (Å²) in [7, 11) is 0. The van der Waals surface area contributed by atoms with Gasteiger partial charge in [0.25, 0.3) is 5.69 Å². The molecule has 1 N–H and O–H groups in total. The number of allylic oxidation sites excluding steroid dienone is 1. The lowest BCUT2D eigenvalue weighted by atomic mass is 9.90. The van der Waals surface area contributed by atoms with Crippen molar-refractivity contribution in [2.75, 3.05) is 0 Å². The number of aromatic nitrogens is 1. The second-order valence-corrected chi connectivity index (χ2v) is 7.34. The molecule has 1 aromatic carbocycles. The predicted octanol–water partition coefficient (Wildman–Crippen LogP) is 4.22. The Labute approximate surface area is 158 Å². The summed E-state index contributed by atoms with van der Waals surface area (Å²) in [6, 6.07) is 13.2. The van der Waals surface area contributed by atoms with Crippen molar-refractivity contribution in [2.24, 2.45) is 0 Å². The monoisotopic (exact) mass is 378 g/mol. The minimum Gasteiger partial charge on any atom is -0.325 e. The lowest BCUT2D eigenvalue weighted by Crippen LogP contribution is -2.19. The summed E-state index contributed by atoms with van der Waals surface area (Å²) < 4.78 is 0. The summed E-state index contributed by atoms with van der Waals surface area (Å²) in [6.07, 6.45) is 3.05. The molecule has 7 heteroatoms. The van der Waals surface area contributed by atoms with E-state index in [9.17, 15) is 19.7 Å². The third-order valence-corrected chi connectivity index (χ3v) is 5.55. The van der Waals surface area contributed by atoms with Gasteiger partial charge in [0.05, 0.1) is 4.92 Å². The number of hydrogen-bond acceptors (Lipinski definition) is 5. The Bertz CT molecular complexity index is 1160. The molecular weight excluding hydrogens is 364 g/mol. The highest BCUT2D eigenvalue weighted by atomic mass is 32.1. The zero-order valence-electron chi connectivity index (χ0n) is 14.1. The second kappa shape index (κ2) is 6.77. The molecule has 0 atom stereocenters. The highest BCUT2D eigenvalue weighted by molar-refractivity contribution is 7.16. The third kappa shape index (κ3) is 3.37. The molecule has 0 spiro atoms. The fraction of sp³-hybridized carbons (Fsp3) is 0.100. The number of pyridine rings is 1. The number of fused-ring (bicyclic) bond motifs is 1. The number of aryl methyl sites for hydroxylation is 1. The van der Waals surface area contributed by atoms with Gasteiger partial charge in [0.1, 0.15) is 0 Å². The van der Waals surface area contributed by atoms with Crippen LogP contribution in [0.1, 0.15) is 27.3 Å². The van der Waals surface area contributed by atoms with Gasteiger partial charge >= 0.3 is 0 Å². The van der Waals surface area contributed by atoms with Gasteiger partial charge in [-0.1, -0.05) is 12.1 Å². The minimum atomic E-state index is -0.414. The van der Waals surface area contributed by atoms with Gasteiger partial charge in [-0.3, -0.25) is 19.7 Å². The molecule has 1 aliphatic rings. The van der Waals surface area contributed by atoms with Gasteiger partial charge in [-0.2, -0.15) is 0 Å². The Balaban J connectivity index is 1.64. The fourth-order valence-electron chi connectivity index (χ4n) is 3.14. The Morgan fingerprint density at radius 1 is 1.07 bits per heavy atom. The number of thiophene rings is 1. The number of Topliss-reactive ketones (excluding diaryl/α,β-unsaturated/α-hetero) is 1. The molecule has 0 bridgehead atoms. The number of ketones is 1. The number of H-pyrrole nitrogens is 1. The van der Waals surface area contributed by atoms with Crippen LogP contribution in [-0.4, -0.2) is 15.7 Å². The highest BCUT2D eigenvalue weighted by Crippen LogP contribution is 2.33. The van der Waals surface area contributed by atoms with Crippen LogP contribution in [0.5, 0.6) is 0 Å². The van der Waals surface area contributed by atoms with Crippen molar-refractivity contribution in [3.05, 3.63) is 90.7 Å². The van der Waals surface area contributed by atoms with Crippen molar-refractivity contribution in [3.8, 4) is 10.4 Å². The molecule has 6 nitrogen and oxygen atoms in total. The van der Waals surface area contributed by atoms with Crippen LogP contribution in [0.3, 0.4) is 0 Å². The molecule has 0 amide bonds. The molecule has 3 aromatic rings. The largest absolute Gasteiger partial charge is 0.325 e. The summed E-state index contributed by atoms with van der Waals surface area (Å²) in [5.41, 5.74) is 2.55. The summed E-state index contributed by atoms with van der Waals surface area (Å²) in [4.78, 5) is 39.1. The van der Waals surface area contributed by atoms with E-state index < -0.39 is 4.92 Å². The first-order chi connectivity index (χ1) is 13.0. The van der Waals surface area contributed by atoms with Crippen LogP contribution >= 0.6 is 11.3 Å². The van der Waals surface area contributed by atoms with Gasteiger partial charge in [-0.05, 0) is 42.7 Å². The number of nitrogens with zero attached hydrogens (tertiary/aromatic N) is 1. The van der Waals surface area contributed by atoms with E-state index in [1.807, 2.05) is 24.3 Å². The van der Waals surface area contributed by atoms with E-state index in [1.54, 1.807) is 18.2 Å². The molecule has 0 radical (unpaired) electrons. The Morgan fingerprint density at radius 2 is 1.93 bits per heavy atom. The molecule has 0 saturated heterocycles. The molecule has 0 unspecified atom stereocenters. The van der Waals surface area contributed by atoms with E-state index in [0.29, 0.717) is 29.7 Å². The lowest BCUT2D eigenvalue weighted by molar-refractivity contribution is -0.384. The van der Waals surface area contributed by atoms with E-state index in [4.69, 9.17) is 0 Å². The summed E-state index contributed by atoms with van der Waals surface area (Å²) >= 11 is 1.48. The molecule has 134 valence electrons. The summed E-state index contributed by atoms with van der Waals surface area (Å²) in [5, 5.41) is 11.0. The average Bonchev–Trinajstić information content (AvgIpc) is 3.13. The van der Waals surface area contributed by atoms with Crippen LogP contribution < -0.4 is 5.56 Å². The first kappa shape index (κ1) is 17.1. The smallest absolute Gasteiger partial charge is 0.270 e. The SMILES string of the molecule is O=C1/C(=C\c2ccc(-c3cccc([N+](=O)[O-])c3)s2)CCc2[nH]c(=O)ccc21. The summed E-state index contributed by atoms with van der Waals surface area (Å²) in [5.74, 6) is -0.0715. The van der Waals surface area contributed by atoms with Crippen LogP contribution in [0.2, 0.25) is 0 Å². The zero-order valence-corrected chi connectivity index (χ0v) is 14.9. The van der Waals surface area contributed by atoms with Crippen LogP contribution in [0.4, 0.5) is 5.69 Å². The average molecular weight is 378 g/mol. The molecule has 27 heavy (non-hydrogen) atoms. The van der Waals surface area contributed by atoms with Gasteiger partial charge in [0.15, 0.2) is 5.78 Å². The molecule has 1 aliphatic carbocycles. The number of carbonyl (C=O) groups is 1. The van der Waals surface area contributed by atoms with Gasteiger partial charge < -0.3 is 4.98 Å². The maximum atomic E-state index is 12.7. The number of nitrogens with one attached hydrogen (secondary N) is 1. The zero-order chi connectivity index (χ0) is 19.0. The van der Waals surface area contributed by atoms with E-state index >= 15 is 0 Å². The number of benzene rings is 1. The van der Waals surface area contributed by atoms with Crippen molar-refractivity contribution in [3.63, 3.8) is 0 Å². The van der Waals surface area contributed by atoms with Gasteiger partial charge in [0.2, 0.25) is 5.56 Å². The molecule has 4 rings (SSSR count). The Morgan fingerprint density at radius 3 is 2.74 bits per heavy atom. The fourth-order valence-corrected chi connectivity index (χ4v) is 4.11. The standard InChI is InChI=1S/C20H14N2O4S/c23-19-9-6-16-17(21-19)7-4-13(20(16)24)11-15-5-8-18(27-15)12-2-1-3-14(10-12)22(25)26/h1-3,5-6,8-11H,4,7H2,(H,21,23)/b13-11-. The van der Waals surface area contributed by atoms with Gasteiger partial charge in [-0.25, -0.2) is 0 Å². The van der Waals surface area contributed by atoms with E-state index in [0.717, 1.165) is 15.3 Å². The van der Waals surface area contributed by atoms with Gasteiger partial charge in [0, 0.05) is 44.8 Å². The molecule has 0 saturated carbocycles. The first-order valence-electron chi connectivity index (χ1n) is 8.33. The van der Waals surface area contributed by atoms with Crippen molar-refractivity contribution < 1.29 is 9.72 Å². The number of non-ortho nitro benzene ring substituents is 1. The van der Waals surface area contributed by atoms with Crippen molar-refractivity contribution in [1.29, 1.82) is 0 Å². The molecular formula is C20H14N2O4S. The molecule has 2 heterocycles. The Kier molecular flexibility index (Phi) is 4.29. The van der Waals surface area contributed by atoms with Crippen LogP contribution in [0, 0.1) is 10.1 Å². The number of aromatic amines is 1. The predicted molar refractivity (Wildman–Crippen MR) is 104 cm³/mol. The van der Waals surface area contributed by atoms with E-state index in [1.165, 1.54) is 23.5 Å². The number of nitro benzene ring substituents is 1. The number of nitro groups is 1. The Hall–Kier alpha value is -3.32. The topological polar surface area (TPSA) is 93.1 Å². The van der Waals surface area contributed by atoms with Crippen LogP contribution in [0.25, 0.3) is 16.5 Å². The lowest BCUT2D eigenvalue weighted by Gasteiger charge is -2.16. The van der Waals surface area contributed by atoms with Crippen LogP contribution in [-0.2, 0) is 6.42 Å². The number of hydrogen-bond donors (Lipinski definition) is 1. The third-order valence-electron chi connectivity index (χ3n) is 4.47. The highest BCUT2D eigenvalue weighted by Gasteiger charge is 2.22. The first-order valence-corrected chi connectivity index (χ1v) is 9.15. The van der Waals surface area contributed by atoms with E-state index in [2.05, 4.69) is 4.98 Å². The van der Waals surface area contributed by atoms with Crippen molar-refractivity contribution in [1.82, 2.24) is 4.98 Å². The molecule has 0 fully saturated rings. The van der Waals surface area contributed by atoms with Gasteiger partial charge in [-0.15, -0.1) is 11.3 Å². The maximum Gasteiger partial charge on any atom is 0.270 e. The second-order valence-electron chi connectivity index (χ2n) is 6.22. The number of rotatable bonds is 3. The quantitative estimate of drug-likeness (QED) is 0.419.